The summed E-state index contributed by atoms with van der Waals surface area (Å²) in [6.45, 7) is 7.50. The van der Waals surface area contributed by atoms with Crippen LogP contribution in [0.2, 0.25) is 0 Å². The Kier molecular flexibility index (Phi) is 5.64. The van der Waals surface area contributed by atoms with Gasteiger partial charge < -0.3 is 11.1 Å². The summed E-state index contributed by atoms with van der Waals surface area (Å²) < 4.78 is 0. The Hall–Kier alpha value is -0.0800. The lowest BCUT2D eigenvalue weighted by molar-refractivity contribution is 0.477. The maximum atomic E-state index is 5.63. The Bertz CT molecular complexity index is 71.7. The summed E-state index contributed by atoms with van der Waals surface area (Å²) in [7, 11) is 0. The number of rotatable bonds is 5. The molecule has 62 valence electrons. The molecule has 10 heavy (non-hydrogen) atoms. The first kappa shape index (κ1) is 9.92. The highest BCUT2D eigenvalue weighted by Crippen LogP contribution is 1.93. The van der Waals surface area contributed by atoms with Gasteiger partial charge in [-0.15, -0.1) is 0 Å². The zero-order valence-electron chi connectivity index (χ0n) is 7.35. The summed E-state index contributed by atoms with van der Waals surface area (Å²) in [5, 5.41) is 3.38. The van der Waals surface area contributed by atoms with E-state index >= 15 is 0 Å². The first-order valence-corrected chi connectivity index (χ1v) is 4.15. The number of hydrogen-bond acceptors (Lipinski definition) is 2. The Labute approximate surface area is 64.2 Å². The van der Waals surface area contributed by atoms with Crippen LogP contribution in [-0.4, -0.2) is 18.6 Å². The number of nitrogens with two attached hydrogens (primary N) is 1. The van der Waals surface area contributed by atoms with Gasteiger partial charge in [-0.2, -0.15) is 0 Å². The molecule has 0 fully saturated rings. The van der Waals surface area contributed by atoms with Crippen molar-refractivity contribution >= 4 is 0 Å². The van der Waals surface area contributed by atoms with E-state index in [1.807, 2.05) is 6.92 Å². The summed E-state index contributed by atoms with van der Waals surface area (Å²) in [6.07, 6.45) is 2.27. The highest BCUT2D eigenvalue weighted by molar-refractivity contribution is 4.65. The van der Waals surface area contributed by atoms with Crippen LogP contribution in [0.1, 0.15) is 33.6 Å². The van der Waals surface area contributed by atoms with Gasteiger partial charge in [-0.1, -0.05) is 6.92 Å². The van der Waals surface area contributed by atoms with Crippen LogP contribution in [-0.2, 0) is 0 Å². The molecular formula is C8H20N2. The van der Waals surface area contributed by atoms with Gasteiger partial charge in [0.25, 0.3) is 0 Å². The van der Waals surface area contributed by atoms with Gasteiger partial charge in [0, 0.05) is 12.1 Å². The predicted molar refractivity (Wildman–Crippen MR) is 46.0 cm³/mol. The van der Waals surface area contributed by atoms with E-state index in [0.29, 0.717) is 12.1 Å². The van der Waals surface area contributed by atoms with Crippen LogP contribution in [0, 0.1) is 0 Å². The molecule has 0 rings (SSSR count). The second kappa shape index (κ2) is 5.69. The maximum absolute atomic E-state index is 5.63. The fraction of sp³-hybridized carbons (Fsp3) is 1.00. The van der Waals surface area contributed by atoms with Crippen LogP contribution in [0.3, 0.4) is 0 Å². The SMILES string of the molecule is CCCNC(C)CC(C)N. The molecule has 0 heterocycles. The third kappa shape index (κ3) is 6.05. The molecule has 0 aromatic heterocycles. The van der Waals surface area contributed by atoms with Gasteiger partial charge in [-0.05, 0) is 33.2 Å². The van der Waals surface area contributed by atoms with Crippen molar-refractivity contribution in [3.05, 3.63) is 0 Å². The second-order valence-corrected chi connectivity index (χ2v) is 3.07. The van der Waals surface area contributed by atoms with E-state index in [4.69, 9.17) is 5.73 Å². The van der Waals surface area contributed by atoms with Crippen molar-refractivity contribution in [3.63, 3.8) is 0 Å². The highest BCUT2D eigenvalue weighted by atomic mass is 14.9. The lowest BCUT2D eigenvalue weighted by Crippen LogP contribution is -2.32. The first-order valence-electron chi connectivity index (χ1n) is 4.15. The Balaban J connectivity index is 3.16. The Morgan fingerprint density at radius 3 is 2.40 bits per heavy atom. The average molecular weight is 144 g/mol. The van der Waals surface area contributed by atoms with Crippen molar-refractivity contribution in [1.82, 2.24) is 5.32 Å². The van der Waals surface area contributed by atoms with E-state index in [9.17, 15) is 0 Å². The van der Waals surface area contributed by atoms with E-state index in [1.54, 1.807) is 0 Å². The second-order valence-electron chi connectivity index (χ2n) is 3.07. The summed E-state index contributed by atoms with van der Waals surface area (Å²) >= 11 is 0. The zero-order chi connectivity index (χ0) is 7.98. The average Bonchev–Trinajstić information content (AvgIpc) is 1.82. The minimum absolute atomic E-state index is 0.319. The van der Waals surface area contributed by atoms with E-state index < -0.39 is 0 Å². The molecule has 0 aliphatic heterocycles. The minimum Gasteiger partial charge on any atom is -0.328 e. The molecule has 0 saturated carbocycles. The largest absolute Gasteiger partial charge is 0.328 e. The van der Waals surface area contributed by atoms with Gasteiger partial charge in [0.1, 0.15) is 0 Å². The molecule has 0 spiro atoms. The van der Waals surface area contributed by atoms with Crippen LogP contribution < -0.4 is 11.1 Å². The summed E-state index contributed by atoms with van der Waals surface area (Å²) in [4.78, 5) is 0. The molecule has 3 N–H and O–H groups in total. The third-order valence-electron chi connectivity index (χ3n) is 1.47. The topological polar surface area (TPSA) is 38.0 Å². The Morgan fingerprint density at radius 1 is 1.40 bits per heavy atom. The van der Waals surface area contributed by atoms with Crippen LogP contribution in [0.15, 0.2) is 0 Å². The number of hydrogen-bond donors (Lipinski definition) is 2. The van der Waals surface area contributed by atoms with E-state index in [0.717, 1.165) is 13.0 Å². The van der Waals surface area contributed by atoms with Crippen LogP contribution in [0.5, 0.6) is 0 Å². The molecule has 2 nitrogen and oxygen atoms in total. The molecule has 0 amide bonds. The molecule has 0 saturated heterocycles. The molecule has 2 atom stereocenters. The van der Waals surface area contributed by atoms with Gasteiger partial charge in [0.15, 0.2) is 0 Å². The highest BCUT2D eigenvalue weighted by Gasteiger charge is 2.01. The molecule has 0 aliphatic rings. The smallest absolute Gasteiger partial charge is 0.00533 e. The maximum Gasteiger partial charge on any atom is 0.00533 e. The molecule has 0 radical (unpaired) electrons. The quantitative estimate of drug-likeness (QED) is 0.606. The van der Waals surface area contributed by atoms with Crippen molar-refractivity contribution in [1.29, 1.82) is 0 Å². The van der Waals surface area contributed by atoms with Crippen molar-refractivity contribution in [2.45, 2.75) is 45.7 Å². The van der Waals surface area contributed by atoms with Gasteiger partial charge >= 0.3 is 0 Å². The number of nitrogens with one attached hydrogen (secondary N) is 1. The summed E-state index contributed by atoms with van der Waals surface area (Å²) in [6, 6.07) is 0.888. The molecule has 0 aromatic rings. The molecule has 2 unspecified atom stereocenters. The fourth-order valence-electron chi connectivity index (χ4n) is 1.03. The van der Waals surface area contributed by atoms with Gasteiger partial charge in [-0.3, -0.25) is 0 Å². The van der Waals surface area contributed by atoms with Gasteiger partial charge in [0.2, 0.25) is 0 Å². The van der Waals surface area contributed by atoms with Crippen LogP contribution in [0.4, 0.5) is 0 Å². The van der Waals surface area contributed by atoms with Crippen molar-refractivity contribution in [2.75, 3.05) is 6.54 Å². The summed E-state index contributed by atoms with van der Waals surface area (Å²) in [5.74, 6) is 0. The minimum atomic E-state index is 0.319. The van der Waals surface area contributed by atoms with E-state index in [-0.39, 0.29) is 0 Å². The van der Waals surface area contributed by atoms with Crippen LogP contribution in [0.25, 0.3) is 0 Å². The van der Waals surface area contributed by atoms with E-state index in [2.05, 4.69) is 19.2 Å². The molecule has 2 heteroatoms. The first-order chi connectivity index (χ1) is 4.66. The Morgan fingerprint density at radius 2 is 2.00 bits per heavy atom. The lowest BCUT2D eigenvalue weighted by Gasteiger charge is -2.14. The van der Waals surface area contributed by atoms with Crippen molar-refractivity contribution in [2.24, 2.45) is 5.73 Å². The predicted octanol–water partition coefficient (Wildman–Crippen LogP) is 1.11. The molecule has 0 bridgehead atoms. The normalized spacial score (nSPS) is 16.8. The molecular weight excluding hydrogens is 124 g/mol. The standard InChI is InChI=1S/C8H20N2/c1-4-5-10-8(3)6-7(2)9/h7-8,10H,4-6,9H2,1-3H3. The third-order valence-corrected chi connectivity index (χ3v) is 1.47. The van der Waals surface area contributed by atoms with Gasteiger partial charge in [0.05, 0.1) is 0 Å². The monoisotopic (exact) mass is 144 g/mol. The van der Waals surface area contributed by atoms with Crippen molar-refractivity contribution < 1.29 is 0 Å². The fourth-order valence-corrected chi connectivity index (χ4v) is 1.03. The summed E-state index contributed by atoms with van der Waals surface area (Å²) in [5.41, 5.74) is 5.63. The molecule has 0 aromatic carbocycles. The van der Waals surface area contributed by atoms with E-state index in [1.165, 1.54) is 6.42 Å². The lowest BCUT2D eigenvalue weighted by atomic mass is 10.1. The van der Waals surface area contributed by atoms with Gasteiger partial charge in [-0.25, -0.2) is 0 Å². The van der Waals surface area contributed by atoms with Crippen molar-refractivity contribution in [3.8, 4) is 0 Å². The zero-order valence-corrected chi connectivity index (χ0v) is 7.35. The molecule has 0 aliphatic carbocycles. The van der Waals surface area contributed by atoms with Crippen LogP contribution >= 0.6 is 0 Å².